The van der Waals surface area contributed by atoms with E-state index in [2.05, 4.69) is 22.0 Å². The molecule has 0 aromatic heterocycles. The molecule has 1 saturated heterocycles. The Kier molecular flexibility index (Phi) is 5.52. The van der Waals surface area contributed by atoms with Crippen LogP contribution in [-0.4, -0.2) is 61.0 Å². The third-order valence-electron chi connectivity index (χ3n) is 3.80. The minimum atomic E-state index is 0.0523. The van der Waals surface area contributed by atoms with Gasteiger partial charge in [-0.25, -0.2) is 0 Å². The van der Waals surface area contributed by atoms with Gasteiger partial charge in [-0.3, -0.25) is 14.6 Å². The molecule has 1 heterocycles. The number of carbonyl (C=O) groups is 1. The van der Waals surface area contributed by atoms with Crippen molar-refractivity contribution in [1.29, 1.82) is 0 Å². The Morgan fingerprint density at radius 3 is 2.50 bits per heavy atom. The molecule has 0 bridgehead atoms. The molecule has 20 heavy (non-hydrogen) atoms. The molecular weight excluding hydrogens is 252 g/mol. The van der Waals surface area contributed by atoms with E-state index in [1.54, 1.807) is 0 Å². The maximum absolute atomic E-state index is 12.0. The number of anilines is 1. The maximum atomic E-state index is 12.0. The zero-order valence-electron chi connectivity index (χ0n) is 12.1. The summed E-state index contributed by atoms with van der Waals surface area (Å²) >= 11 is 0. The van der Waals surface area contributed by atoms with Gasteiger partial charge in [-0.2, -0.15) is 0 Å². The fourth-order valence-electron chi connectivity index (χ4n) is 2.44. The van der Waals surface area contributed by atoms with Crippen LogP contribution in [0.25, 0.3) is 0 Å². The quantitative estimate of drug-likeness (QED) is 0.826. The molecular formula is C15H24N4O. The van der Waals surface area contributed by atoms with Crippen molar-refractivity contribution < 1.29 is 4.79 Å². The van der Waals surface area contributed by atoms with E-state index in [4.69, 9.17) is 5.73 Å². The second-order valence-electron chi connectivity index (χ2n) is 5.31. The molecule has 5 nitrogen and oxygen atoms in total. The standard InChI is InChI=1S/C15H24N4O/c1-13(11-16)19-9-7-18(8-10-19)12-15(20)17-14-5-3-2-4-6-14/h2-6,13H,7-12,16H2,1H3,(H,17,20). The molecule has 0 aliphatic carbocycles. The molecule has 1 aromatic carbocycles. The van der Waals surface area contributed by atoms with E-state index in [1.807, 2.05) is 30.3 Å². The number of nitrogens with one attached hydrogen (secondary N) is 1. The number of benzene rings is 1. The average molecular weight is 276 g/mol. The van der Waals surface area contributed by atoms with Crippen molar-refractivity contribution in [2.45, 2.75) is 13.0 Å². The lowest BCUT2D eigenvalue weighted by Gasteiger charge is -2.37. The van der Waals surface area contributed by atoms with Crippen LogP contribution in [0, 0.1) is 0 Å². The highest BCUT2D eigenvalue weighted by molar-refractivity contribution is 5.92. The summed E-state index contributed by atoms with van der Waals surface area (Å²) in [4.78, 5) is 16.5. The van der Waals surface area contributed by atoms with Gasteiger partial charge in [0.2, 0.25) is 5.91 Å². The predicted octanol–water partition coefficient (Wildman–Crippen LogP) is 0.590. The van der Waals surface area contributed by atoms with E-state index in [1.165, 1.54) is 0 Å². The average Bonchev–Trinajstić information content (AvgIpc) is 2.48. The Morgan fingerprint density at radius 1 is 1.25 bits per heavy atom. The van der Waals surface area contributed by atoms with Crippen LogP contribution in [0.2, 0.25) is 0 Å². The molecule has 0 saturated carbocycles. The van der Waals surface area contributed by atoms with E-state index in [0.717, 1.165) is 31.9 Å². The van der Waals surface area contributed by atoms with Gasteiger partial charge >= 0.3 is 0 Å². The molecule has 110 valence electrons. The predicted molar refractivity (Wildman–Crippen MR) is 81.6 cm³/mol. The largest absolute Gasteiger partial charge is 0.329 e. The van der Waals surface area contributed by atoms with Gasteiger partial charge in [-0.15, -0.1) is 0 Å². The fraction of sp³-hybridized carbons (Fsp3) is 0.533. The monoisotopic (exact) mass is 276 g/mol. The first-order valence-electron chi connectivity index (χ1n) is 7.20. The lowest BCUT2D eigenvalue weighted by molar-refractivity contribution is -0.117. The summed E-state index contributed by atoms with van der Waals surface area (Å²) < 4.78 is 0. The molecule has 1 aromatic rings. The highest BCUT2D eigenvalue weighted by Crippen LogP contribution is 2.07. The number of piperazine rings is 1. The summed E-state index contributed by atoms with van der Waals surface area (Å²) in [6, 6.07) is 10.0. The highest BCUT2D eigenvalue weighted by atomic mass is 16.2. The van der Waals surface area contributed by atoms with Crippen molar-refractivity contribution in [2.24, 2.45) is 5.73 Å². The van der Waals surface area contributed by atoms with Gasteiger partial charge in [0.05, 0.1) is 6.54 Å². The van der Waals surface area contributed by atoms with E-state index in [9.17, 15) is 4.79 Å². The first kappa shape index (κ1) is 15.0. The van der Waals surface area contributed by atoms with Crippen LogP contribution >= 0.6 is 0 Å². The second-order valence-corrected chi connectivity index (χ2v) is 5.31. The van der Waals surface area contributed by atoms with Gasteiger partial charge in [0, 0.05) is 44.5 Å². The van der Waals surface area contributed by atoms with Crippen LogP contribution in [-0.2, 0) is 4.79 Å². The number of para-hydroxylation sites is 1. The fourth-order valence-corrected chi connectivity index (χ4v) is 2.44. The van der Waals surface area contributed by atoms with Crippen molar-refractivity contribution in [3.05, 3.63) is 30.3 Å². The number of hydrogen-bond acceptors (Lipinski definition) is 4. The maximum Gasteiger partial charge on any atom is 0.238 e. The van der Waals surface area contributed by atoms with E-state index >= 15 is 0 Å². The van der Waals surface area contributed by atoms with Crippen LogP contribution in [0.3, 0.4) is 0 Å². The van der Waals surface area contributed by atoms with Crippen molar-refractivity contribution in [3.63, 3.8) is 0 Å². The summed E-state index contributed by atoms with van der Waals surface area (Å²) in [6.45, 7) is 7.11. The minimum Gasteiger partial charge on any atom is -0.329 e. The first-order chi connectivity index (χ1) is 9.69. The van der Waals surface area contributed by atoms with Crippen molar-refractivity contribution >= 4 is 11.6 Å². The van der Waals surface area contributed by atoms with E-state index < -0.39 is 0 Å². The lowest BCUT2D eigenvalue weighted by Crippen LogP contribution is -2.52. The molecule has 3 N–H and O–H groups in total. The van der Waals surface area contributed by atoms with Crippen molar-refractivity contribution in [3.8, 4) is 0 Å². The first-order valence-corrected chi connectivity index (χ1v) is 7.20. The molecule has 1 aliphatic rings. The Balaban J connectivity index is 1.74. The topological polar surface area (TPSA) is 61.6 Å². The molecule has 5 heteroatoms. The zero-order valence-corrected chi connectivity index (χ0v) is 12.1. The number of carbonyl (C=O) groups excluding carboxylic acids is 1. The molecule has 0 radical (unpaired) electrons. The number of rotatable bonds is 5. The molecule has 1 atom stereocenters. The van der Waals surface area contributed by atoms with Crippen LogP contribution in [0.4, 0.5) is 5.69 Å². The molecule has 1 amide bonds. The second kappa shape index (κ2) is 7.38. The van der Waals surface area contributed by atoms with Crippen LogP contribution in [0.5, 0.6) is 0 Å². The Bertz CT molecular complexity index is 415. The summed E-state index contributed by atoms with van der Waals surface area (Å²) in [5, 5.41) is 2.92. The van der Waals surface area contributed by atoms with Gasteiger partial charge in [-0.1, -0.05) is 18.2 Å². The molecule has 0 spiro atoms. The third-order valence-corrected chi connectivity index (χ3v) is 3.80. The van der Waals surface area contributed by atoms with E-state index in [-0.39, 0.29) is 5.91 Å². The van der Waals surface area contributed by atoms with Gasteiger partial charge in [0.1, 0.15) is 0 Å². The smallest absolute Gasteiger partial charge is 0.238 e. The van der Waals surface area contributed by atoms with Gasteiger partial charge in [0.15, 0.2) is 0 Å². The molecule has 1 aliphatic heterocycles. The Hall–Kier alpha value is -1.43. The Morgan fingerprint density at radius 2 is 1.90 bits per heavy atom. The molecule has 1 fully saturated rings. The minimum absolute atomic E-state index is 0.0523. The van der Waals surface area contributed by atoms with Gasteiger partial charge < -0.3 is 11.1 Å². The molecule has 2 rings (SSSR count). The van der Waals surface area contributed by atoms with Crippen molar-refractivity contribution in [2.75, 3.05) is 44.6 Å². The zero-order chi connectivity index (χ0) is 14.4. The SMILES string of the molecule is CC(CN)N1CCN(CC(=O)Nc2ccccc2)CC1. The normalized spacial score (nSPS) is 18.7. The van der Waals surface area contributed by atoms with Gasteiger partial charge in [-0.05, 0) is 19.1 Å². The highest BCUT2D eigenvalue weighted by Gasteiger charge is 2.21. The lowest BCUT2D eigenvalue weighted by atomic mass is 10.2. The van der Waals surface area contributed by atoms with E-state index in [0.29, 0.717) is 19.1 Å². The van der Waals surface area contributed by atoms with Crippen LogP contribution in [0.15, 0.2) is 30.3 Å². The summed E-state index contributed by atoms with van der Waals surface area (Å²) in [7, 11) is 0. The molecule has 1 unspecified atom stereocenters. The number of hydrogen-bond donors (Lipinski definition) is 2. The Labute approximate surface area is 120 Å². The number of amides is 1. The number of nitrogens with zero attached hydrogens (tertiary/aromatic N) is 2. The summed E-state index contributed by atoms with van der Waals surface area (Å²) in [5.41, 5.74) is 6.54. The van der Waals surface area contributed by atoms with Gasteiger partial charge in [0.25, 0.3) is 0 Å². The summed E-state index contributed by atoms with van der Waals surface area (Å²) in [5.74, 6) is 0.0523. The number of nitrogens with two attached hydrogens (primary N) is 1. The third kappa shape index (κ3) is 4.30. The van der Waals surface area contributed by atoms with Crippen LogP contribution < -0.4 is 11.1 Å². The van der Waals surface area contributed by atoms with Crippen LogP contribution in [0.1, 0.15) is 6.92 Å². The van der Waals surface area contributed by atoms with Crippen molar-refractivity contribution in [1.82, 2.24) is 9.80 Å². The summed E-state index contributed by atoms with van der Waals surface area (Å²) in [6.07, 6.45) is 0.